The molecule has 0 saturated carbocycles. The minimum atomic E-state index is -0.779. The molecule has 0 aliphatic rings. The molecule has 0 radical (unpaired) electrons. The average molecular weight is 283 g/mol. The maximum Gasteiger partial charge on any atom is 0.254 e. The lowest BCUT2D eigenvalue weighted by molar-refractivity contribution is 0.0998. The van der Waals surface area contributed by atoms with Crippen LogP contribution in [0, 0.1) is 0 Å². The van der Waals surface area contributed by atoms with Gasteiger partial charge >= 0.3 is 0 Å². The van der Waals surface area contributed by atoms with E-state index in [0.717, 1.165) is 0 Å². The third-order valence-electron chi connectivity index (χ3n) is 3.31. The number of amides is 1. The summed E-state index contributed by atoms with van der Waals surface area (Å²) in [6, 6.07) is 8.70. The van der Waals surface area contributed by atoms with Crippen LogP contribution in [0.3, 0.4) is 0 Å². The molecule has 2 aromatic heterocycles. The van der Waals surface area contributed by atoms with Gasteiger partial charge in [0, 0.05) is 11.9 Å². The molecule has 1 amide bonds. The molecule has 4 N–H and O–H groups in total. The van der Waals surface area contributed by atoms with Crippen molar-refractivity contribution in [2.24, 2.45) is 5.73 Å². The number of aromatic nitrogens is 1. The second-order valence-corrected chi connectivity index (χ2v) is 4.68. The molecule has 3 aromatic rings. The van der Waals surface area contributed by atoms with Crippen LogP contribution in [0.25, 0.3) is 10.9 Å². The van der Waals surface area contributed by atoms with E-state index < -0.39 is 11.3 Å². The first-order valence-electron chi connectivity index (χ1n) is 6.32. The van der Waals surface area contributed by atoms with E-state index in [9.17, 15) is 9.59 Å². The van der Waals surface area contributed by atoms with Gasteiger partial charge in [0.15, 0.2) is 0 Å². The van der Waals surface area contributed by atoms with Crippen molar-refractivity contribution in [3.63, 3.8) is 0 Å². The molecule has 0 atom stereocenters. The van der Waals surface area contributed by atoms with Crippen molar-refractivity contribution in [1.82, 2.24) is 4.57 Å². The van der Waals surface area contributed by atoms with Gasteiger partial charge in [-0.15, -0.1) is 0 Å². The number of benzene rings is 1. The fraction of sp³-hybridized carbons (Fsp3) is 0.0667. The summed E-state index contributed by atoms with van der Waals surface area (Å²) in [5.74, 6) is -0.0869. The van der Waals surface area contributed by atoms with Crippen molar-refractivity contribution in [2.75, 3.05) is 5.73 Å². The highest BCUT2D eigenvalue weighted by Gasteiger charge is 2.15. The standard InChI is InChI=1S/C15H13N3O3/c16-11-4-1-5-12-13(11)14(19)10(15(17)20)8-18(12)7-9-3-2-6-21-9/h1-6,8H,7,16H2,(H2,17,20). The maximum atomic E-state index is 12.3. The number of pyridine rings is 1. The predicted octanol–water partition coefficient (Wildman–Crippen LogP) is 1.32. The van der Waals surface area contributed by atoms with E-state index in [1.807, 2.05) is 0 Å². The number of anilines is 1. The Kier molecular flexibility index (Phi) is 2.98. The van der Waals surface area contributed by atoms with Crippen LogP contribution in [0.15, 0.2) is 52.0 Å². The van der Waals surface area contributed by atoms with Gasteiger partial charge < -0.3 is 20.5 Å². The number of fused-ring (bicyclic) bond motifs is 1. The van der Waals surface area contributed by atoms with E-state index in [0.29, 0.717) is 28.9 Å². The summed E-state index contributed by atoms with van der Waals surface area (Å²) < 4.78 is 7.03. The Morgan fingerprint density at radius 2 is 2.05 bits per heavy atom. The molecule has 6 heteroatoms. The first-order valence-corrected chi connectivity index (χ1v) is 6.32. The minimum Gasteiger partial charge on any atom is -0.467 e. The summed E-state index contributed by atoms with van der Waals surface area (Å²) in [5, 5.41) is 0.292. The average Bonchev–Trinajstić information content (AvgIpc) is 2.94. The molecular weight excluding hydrogens is 270 g/mol. The third-order valence-corrected chi connectivity index (χ3v) is 3.31. The molecule has 0 fully saturated rings. The number of primary amides is 1. The first kappa shape index (κ1) is 13.0. The van der Waals surface area contributed by atoms with Crippen LogP contribution in [0.5, 0.6) is 0 Å². The zero-order valence-corrected chi connectivity index (χ0v) is 11.1. The van der Waals surface area contributed by atoms with Crippen LogP contribution < -0.4 is 16.9 Å². The van der Waals surface area contributed by atoms with Crippen LogP contribution in [0.1, 0.15) is 16.1 Å². The summed E-state index contributed by atoms with van der Waals surface area (Å²) >= 11 is 0. The van der Waals surface area contributed by atoms with Gasteiger partial charge in [-0.1, -0.05) is 6.07 Å². The molecule has 0 unspecified atom stereocenters. The zero-order chi connectivity index (χ0) is 15.0. The topological polar surface area (TPSA) is 104 Å². The normalized spacial score (nSPS) is 10.9. The van der Waals surface area contributed by atoms with Gasteiger partial charge in [-0.2, -0.15) is 0 Å². The van der Waals surface area contributed by atoms with Gasteiger partial charge in [0.25, 0.3) is 5.91 Å². The lowest BCUT2D eigenvalue weighted by atomic mass is 10.1. The van der Waals surface area contributed by atoms with E-state index in [1.54, 1.807) is 41.2 Å². The number of carbonyl (C=O) groups excluding carboxylic acids is 1. The second kappa shape index (κ2) is 4.82. The molecule has 21 heavy (non-hydrogen) atoms. The van der Waals surface area contributed by atoms with Crippen LogP contribution >= 0.6 is 0 Å². The molecule has 1 aromatic carbocycles. The van der Waals surface area contributed by atoms with Crippen LogP contribution in [-0.4, -0.2) is 10.5 Å². The number of hydrogen-bond acceptors (Lipinski definition) is 4. The largest absolute Gasteiger partial charge is 0.467 e. The summed E-state index contributed by atoms with van der Waals surface area (Å²) in [7, 11) is 0. The Bertz CT molecular complexity index is 879. The summed E-state index contributed by atoms with van der Waals surface area (Å²) in [4.78, 5) is 23.8. The number of nitrogens with two attached hydrogens (primary N) is 2. The summed E-state index contributed by atoms with van der Waals surface area (Å²) in [5.41, 5.74) is 11.6. The summed E-state index contributed by atoms with van der Waals surface area (Å²) in [6.45, 7) is 0.369. The van der Waals surface area contributed by atoms with E-state index in [1.165, 1.54) is 6.20 Å². The molecule has 2 heterocycles. The zero-order valence-electron chi connectivity index (χ0n) is 11.1. The van der Waals surface area contributed by atoms with Crippen molar-refractivity contribution in [3.8, 4) is 0 Å². The fourth-order valence-electron chi connectivity index (χ4n) is 2.34. The molecule has 6 nitrogen and oxygen atoms in total. The Labute approximate surface area is 119 Å². The summed E-state index contributed by atoms with van der Waals surface area (Å²) in [6.07, 6.45) is 3.00. The molecule has 0 aliphatic heterocycles. The molecule has 0 bridgehead atoms. The highest BCUT2D eigenvalue weighted by molar-refractivity contribution is 5.99. The number of furan rings is 1. The third kappa shape index (κ3) is 2.16. The minimum absolute atomic E-state index is 0.0908. The number of carbonyl (C=O) groups is 1. The van der Waals surface area contributed by atoms with Crippen LogP contribution in [-0.2, 0) is 6.54 Å². The predicted molar refractivity (Wildman–Crippen MR) is 78.9 cm³/mol. The van der Waals surface area contributed by atoms with Gasteiger partial charge in [0.1, 0.15) is 11.3 Å². The van der Waals surface area contributed by atoms with Crippen molar-refractivity contribution in [2.45, 2.75) is 6.54 Å². The number of hydrogen-bond donors (Lipinski definition) is 2. The van der Waals surface area contributed by atoms with Crippen molar-refractivity contribution >= 4 is 22.5 Å². The Morgan fingerprint density at radius 3 is 2.71 bits per heavy atom. The molecule has 0 aliphatic carbocycles. The van der Waals surface area contributed by atoms with E-state index in [4.69, 9.17) is 15.9 Å². The SMILES string of the molecule is NC(=O)c1cn(Cc2ccco2)c2cccc(N)c2c1=O. The number of nitrogen functional groups attached to an aromatic ring is 1. The molecule has 0 spiro atoms. The van der Waals surface area contributed by atoms with Crippen molar-refractivity contribution in [3.05, 3.63) is 64.3 Å². The first-order chi connectivity index (χ1) is 10.1. The van der Waals surface area contributed by atoms with Gasteiger partial charge in [-0.05, 0) is 24.3 Å². The maximum absolute atomic E-state index is 12.3. The Morgan fingerprint density at radius 1 is 1.24 bits per heavy atom. The Balaban J connectivity index is 2.33. The van der Waals surface area contributed by atoms with Crippen molar-refractivity contribution < 1.29 is 9.21 Å². The fourth-order valence-corrected chi connectivity index (χ4v) is 2.34. The molecule has 106 valence electrons. The van der Waals surface area contributed by atoms with Gasteiger partial charge in [0.2, 0.25) is 5.43 Å². The number of rotatable bonds is 3. The molecule has 0 saturated heterocycles. The molecular formula is C15H13N3O3. The quantitative estimate of drug-likeness (QED) is 0.707. The number of nitrogens with zero attached hydrogens (tertiary/aromatic N) is 1. The highest BCUT2D eigenvalue weighted by atomic mass is 16.3. The van der Waals surface area contributed by atoms with Gasteiger partial charge in [0.05, 0.1) is 23.7 Å². The van der Waals surface area contributed by atoms with Crippen LogP contribution in [0.4, 0.5) is 5.69 Å². The van der Waals surface area contributed by atoms with Gasteiger partial charge in [-0.25, -0.2) is 0 Å². The van der Waals surface area contributed by atoms with Gasteiger partial charge in [-0.3, -0.25) is 9.59 Å². The lowest BCUT2D eigenvalue weighted by Crippen LogP contribution is -2.24. The van der Waals surface area contributed by atoms with Crippen molar-refractivity contribution in [1.29, 1.82) is 0 Å². The highest BCUT2D eigenvalue weighted by Crippen LogP contribution is 2.19. The van der Waals surface area contributed by atoms with E-state index >= 15 is 0 Å². The Hall–Kier alpha value is -3.02. The van der Waals surface area contributed by atoms with E-state index in [2.05, 4.69) is 0 Å². The lowest BCUT2D eigenvalue weighted by Gasteiger charge is -2.12. The molecule has 3 rings (SSSR count). The van der Waals surface area contributed by atoms with E-state index in [-0.39, 0.29) is 5.56 Å². The second-order valence-electron chi connectivity index (χ2n) is 4.68. The van der Waals surface area contributed by atoms with Crippen LogP contribution in [0.2, 0.25) is 0 Å². The smallest absolute Gasteiger partial charge is 0.254 e. The monoisotopic (exact) mass is 283 g/mol.